The Kier molecular flexibility index (Phi) is 2.60. The average molecular weight is 242 g/mol. The molecule has 2 aromatic heterocycles. The highest BCUT2D eigenvalue weighted by atomic mass is 16.3. The van der Waals surface area contributed by atoms with Crippen molar-refractivity contribution in [2.45, 2.75) is 12.5 Å². The van der Waals surface area contributed by atoms with Crippen LogP contribution in [0.1, 0.15) is 17.6 Å². The molecule has 3 aromatic rings. The summed E-state index contributed by atoms with van der Waals surface area (Å²) in [6.07, 6.45) is 3.14. The molecule has 92 valence electrons. The second-order valence-corrected chi connectivity index (χ2v) is 4.28. The number of aromatic nitrogens is 4. The maximum absolute atomic E-state index is 10.1. The van der Waals surface area contributed by atoms with E-state index in [0.717, 1.165) is 16.6 Å². The van der Waals surface area contributed by atoms with Crippen LogP contribution in [0, 0.1) is 0 Å². The zero-order chi connectivity index (χ0) is 12.5. The molecule has 0 amide bonds. The first kappa shape index (κ1) is 11.0. The summed E-state index contributed by atoms with van der Waals surface area (Å²) in [7, 11) is 1.91. The number of hydrogen-bond donors (Lipinski definition) is 2. The second-order valence-electron chi connectivity index (χ2n) is 4.28. The molecule has 3 rings (SSSR count). The molecule has 5 nitrogen and oxygen atoms in total. The fraction of sp³-hybridized carbons (Fsp3) is 0.231. The molecule has 2 heterocycles. The van der Waals surface area contributed by atoms with Gasteiger partial charge in [0.1, 0.15) is 11.9 Å². The van der Waals surface area contributed by atoms with Crippen molar-refractivity contribution in [3.63, 3.8) is 0 Å². The summed E-state index contributed by atoms with van der Waals surface area (Å²) in [6.45, 7) is 0. The highest BCUT2D eigenvalue weighted by molar-refractivity contribution is 5.81. The molecule has 1 atom stereocenters. The Hall–Kier alpha value is -2.14. The number of aromatic amines is 1. The molecule has 2 N–H and O–H groups in total. The lowest BCUT2D eigenvalue weighted by molar-refractivity contribution is 0.168. The van der Waals surface area contributed by atoms with E-state index in [0.29, 0.717) is 12.2 Å². The first-order valence-electron chi connectivity index (χ1n) is 5.83. The lowest BCUT2D eigenvalue weighted by atomic mass is 10.1. The first-order chi connectivity index (χ1) is 8.75. The molecule has 0 saturated heterocycles. The highest BCUT2D eigenvalue weighted by Crippen LogP contribution is 2.22. The van der Waals surface area contributed by atoms with Crippen molar-refractivity contribution >= 4 is 10.9 Å². The monoisotopic (exact) mass is 242 g/mol. The van der Waals surface area contributed by atoms with Gasteiger partial charge < -0.3 is 10.1 Å². The van der Waals surface area contributed by atoms with Crippen LogP contribution in [0.2, 0.25) is 0 Å². The summed E-state index contributed by atoms with van der Waals surface area (Å²) in [5.74, 6) is 0.574. The summed E-state index contributed by atoms with van der Waals surface area (Å²) in [5, 5.41) is 15.6. The predicted octanol–water partition coefficient (Wildman–Crippen LogP) is 1.57. The number of aliphatic hydroxyl groups excluding tert-OH is 1. The molecule has 5 heteroatoms. The minimum Gasteiger partial charge on any atom is -0.385 e. The Morgan fingerprint density at radius 2 is 2.22 bits per heavy atom. The number of nitrogens with zero attached hydrogens (tertiary/aromatic N) is 3. The minimum absolute atomic E-state index is 0.453. The zero-order valence-electron chi connectivity index (χ0n) is 10.0. The van der Waals surface area contributed by atoms with Crippen LogP contribution in [0.25, 0.3) is 10.9 Å². The summed E-state index contributed by atoms with van der Waals surface area (Å²) >= 11 is 0. The van der Waals surface area contributed by atoms with Crippen LogP contribution in [0.3, 0.4) is 0 Å². The van der Waals surface area contributed by atoms with Gasteiger partial charge in [-0.3, -0.25) is 4.68 Å². The number of benzene rings is 1. The lowest BCUT2D eigenvalue weighted by Crippen LogP contribution is -2.05. The van der Waals surface area contributed by atoms with Crippen LogP contribution in [0.5, 0.6) is 0 Å². The van der Waals surface area contributed by atoms with Gasteiger partial charge in [0.15, 0.2) is 0 Å². The Balaban J connectivity index is 1.96. The topological polar surface area (TPSA) is 66.7 Å². The van der Waals surface area contributed by atoms with Crippen molar-refractivity contribution in [3.8, 4) is 0 Å². The van der Waals surface area contributed by atoms with Gasteiger partial charge in [0.05, 0.1) is 11.2 Å². The van der Waals surface area contributed by atoms with Gasteiger partial charge in [-0.05, 0) is 6.07 Å². The Morgan fingerprint density at radius 3 is 3.00 bits per heavy atom. The molecule has 0 fully saturated rings. The third-order valence-corrected chi connectivity index (χ3v) is 3.06. The smallest absolute Gasteiger partial charge is 0.135 e. The van der Waals surface area contributed by atoms with Gasteiger partial charge in [-0.2, -0.15) is 5.10 Å². The van der Waals surface area contributed by atoms with Crippen molar-refractivity contribution in [2.75, 3.05) is 0 Å². The zero-order valence-corrected chi connectivity index (χ0v) is 10.0. The van der Waals surface area contributed by atoms with E-state index >= 15 is 0 Å². The largest absolute Gasteiger partial charge is 0.385 e. The molecule has 0 radical (unpaired) electrons. The molecule has 1 unspecified atom stereocenters. The molecule has 0 aliphatic carbocycles. The third kappa shape index (κ3) is 1.78. The average Bonchev–Trinajstić information content (AvgIpc) is 3.00. The number of H-pyrrole nitrogens is 1. The van der Waals surface area contributed by atoms with Gasteiger partial charge in [-0.15, -0.1) is 0 Å². The maximum atomic E-state index is 10.1. The fourth-order valence-corrected chi connectivity index (χ4v) is 2.18. The van der Waals surface area contributed by atoms with Gasteiger partial charge in [-0.1, -0.05) is 18.2 Å². The highest BCUT2D eigenvalue weighted by Gasteiger charge is 2.15. The quantitative estimate of drug-likeness (QED) is 0.732. The number of aliphatic hydroxyl groups is 1. The third-order valence-electron chi connectivity index (χ3n) is 3.06. The number of fused-ring (bicyclic) bond motifs is 1. The van der Waals surface area contributed by atoms with Gasteiger partial charge in [0.2, 0.25) is 0 Å². The number of nitrogens with one attached hydrogen (secondary N) is 1. The van der Waals surface area contributed by atoms with Crippen molar-refractivity contribution in [2.24, 2.45) is 7.05 Å². The molecule has 0 aliphatic heterocycles. The van der Waals surface area contributed by atoms with Crippen molar-refractivity contribution in [1.82, 2.24) is 19.7 Å². The molecular weight excluding hydrogens is 228 g/mol. The van der Waals surface area contributed by atoms with Crippen LogP contribution >= 0.6 is 0 Å². The van der Waals surface area contributed by atoms with Crippen LogP contribution in [-0.2, 0) is 13.5 Å². The summed E-state index contributed by atoms with van der Waals surface area (Å²) in [5.41, 5.74) is 1.95. The van der Waals surface area contributed by atoms with Crippen molar-refractivity contribution < 1.29 is 5.11 Å². The van der Waals surface area contributed by atoms with Crippen LogP contribution in [0.4, 0.5) is 0 Å². The van der Waals surface area contributed by atoms with E-state index in [1.54, 1.807) is 12.4 Å². The summed E-state index contributed by atoms with van der Waals surface area (Å²) in [6, 6.07) is 8.00. The normalized spacial score (nSPS) is 13.0. The number of hydrogen-bond acceptors (Lipinski definition) is 3. The van der Waals surface area contributed by atoms with E-state index < -0.39 is 6.10 Å². The van der Waals surface area contributed by atoms with Gasteiger partial charge in [0, 0.05) is 31.2 Å². The Labute approximate surface area is 104 Å². The van der Waals surface area contributed by atoms with Crippen molar-refractivity contribution in [1.29, 1.82) is 0 Å². The molecule has 0 bridgehead atoms. The van der Waals surface area contributed by atoms with E-state index in [1.807, 2.05) is 36.0 Å². The SMILES string of the molecule is Cn1nc(CC(O)c2ncc[nH]2)c2ccccc21. The molecule has 0 spiro atoms. The molecule has 0 saturated carbocycles. The van der Waals surface area contributed by atoms with E-state index in [-0.39, 0.29) is 0 Å². The first-order valence-corrected chi connectivity index (χ1v) is 5.83. The van der Waals surface area contributed by atoms with E-state index in [1.165, 1.54) is 0 Å². The number of imidazole rings is 1. The minimum atomic E-state index is -0.654. The summed E-state index contributed by atoms with van der Waals surface area (Å²) in [4.78, 5) is 6.98. The number of aryl methyl sites for hydroxylation is 1. The fourth-order valence-electron chi connectivity index (χ4n) is 2.18. The van der Waals surface area contributed by atoms with E-state index in [9.17, 15) is 5.11 Å². The van der Waals surface area contributed by atoms with Crippen LogP contribution in [0.15, 0.2) is 36.7 Å². The van der Waals surface area contributed by atoms with Crippen LogP contribution < -0.4 is 0 Å². The molecule has 1 aromatic carbocycles. The lowest BCUT2D eigenvalue weighted by Gasteiger charge is -2.05. The number of para-hydroxylation sites is 1. The standard InChI is InChI=1S/C13H14N4O/c1-17-11-5-3-2-4-9(11)10(16-17)8-12(18)13-14-6-7-15-13/h2-7,12,18H,8H2,1H3,(H,14,15). The van der Waals surface area contributed by atoms with Crippen molar-refractivity contribution in [3.05, 3.63) is 48.2 Å². The maximum Gasteiger partial charge on any atom is 0.135 e. The molecule has 0 aliphatic rings. The Morgan fingerprint density at radius 1 is 1.39 bits per heavy atom. The second kappa shape index (κ2) is 4.27. The van der Waals surface area contributed by atoms with Gasteiger partial charge in [-0.25, -0.2) is 4.98 Å². The predicted molar refractivity (Wildman–Crippen MR) is 68.0 cm³/mol. The van der Waals surface area contributed by atoms with E-state index in [4.69, 9.17) is 0 Å². The summed E-state index contributed by atoms with van der Waals surface area (Å²) < 4.78 is 1.83. The Bertz CT molecular complexity index is 657. The van der Waals surface area contributed by atoms with Gasteiger partial charge >= 0.3 is 0 Å². The van der Waals surface area contributed by atoms with Gasteiger partial charge in [0.25, 0.3) is 0 Å². The van der Waals surface area contributed by atoms with Crippen LogP contribution in [-0.4, -0.2) is 24.9 Å². The molecular formula is C13H14N4O. The molecule has 18 heavy (non-hydrogen) atoms. The number of rotatable bonds is 3. The van der Waals surface area contributed by atoms with E-state index in [2.05, 4.69) is 15.1 Å².